The molecule has 0 heterocycles. The highest BCUT2D eigenvalue weighted by Crippen LogP contribution is 2.34. The molecule has 1 N–H and O–H groups in total. The predicted molar refractivity (Wildman–Crippen MR) is 91.6 cm³/mol. The van der Waals surface area contributed by atoms with Gasteiger partial charge in [-0.1, -0.05) is 12.1 Å². The first-order valence-electron chi connectivity index (χ1n) is 8.00. The quantitative estimate of drug-likeness (QED) is 0.899. The fourth-order valence-corrected chi connectivity index (χ4v) is 4.61. The van der Waals surface area contributed by atoms with Crippen LogP contribution in [0, 0.1) is 19.3 Å². The van der Waals surface area contributed by atoms with Gasteiger partial charge in [0.1, 0.15) is 5.82 Å². The lowest BCUT2D eigenvalue weighted by Gasteiger charge is -2.26. The maximum Gasteiger partial charge on any atom is 0.206 e. The van der Waals surface area contributed by atoms with E-state index in [1.807, 2.05) is 6.07 Å². The van der Waals surface area contributed by atoms with E-state index < -0.39 is 15.7 Å². The van der Waals surface area contributed by atoms with Crippen LogP contribution in [0.2, 0.25) is 0 Å². The van der Waals surface area contributed by atoms with Crippen molar-refractivity contribution in [1.29, 1.82) is 0 Å². The summed E-state index contributed by atoms with van der Waals surface area (Å²) in [4.78, 5) is 0.215. The van der Waals surface area contributed by atoms with Crippen LogP contribution < -0.4 is 5.32 Å². The third-order valence-electron chi connectivity index (χ3n) is 4.48. The highest BCUT2D eigenvalue weighted by atomic mass is 32.2. The molecule has 2 aromatic carbocycles. The topological polar surface area (TPSA) is 46.2 Å². The second kappa shape index (κ2) is 7.03. The van der Waals surface area contributed by atoms with Gasteiger partial charge >= 0.3 is 0 Å². The molecule has 0 aliphatic heterocycles. The van der Waals surface area contributed by atoms with Gasteiger partial charge in [-0.3, -0.25) is 0 Å². The lowest BCUT2D eigenvalue weighted by Crippen LogP contribution is -2.22. The van der Waals surface area contributed by atoms with Crippen molar-refractivity contribution >= 4 is 9.84 Å². The van der Waals surface area contributed by atoms with E-state index in [0.29, 0.717) is 5.92 Å². The summed E-state index contributed by atoms with van der Waals surface area (Å²) in [5.41, 5.74) is 2.25. The molecule has 0 amide bonds. The zero-order valence-electron chi connectivity index (χ0n) is 13.3. The number of rotatable bonds is 5. The molecule has 1 aliphatic rings. The molecule has 0 saturated carbocycles. The number of hydrogen-bond acceptors (Lipinski definition) is 3. The summed E-state index contributed by atoms with van der Waals surface area (Å²) in [7, 11) is -3.70. The first kappa shape index (κ1) is 17.1. The third-order valence-corrected chi connectivity index (χ3v) is 6.23. The number of fused-ring (bicyclic) bond motifs is 1. The molecule has 1 atom stereocenters. The van der Waals surface area contributed by atoms with Gasteiger partial charge in [-0.05, 0) is 73.6 Å². The van der Waals surface area contributed by atoms with Gasteiger partial charge in [-0.25, -0.2) is 12.8 Å². The van der Waals surface area contributed by atoms with E-state index >= 15 is 0 Å². The van der Waals surface area contributed by atoms with Crippen LogP contribution in [0.4, 0.5) is 4.39 Å². The maximum atomic E-state index is 13.4. The molecule has 0 bridgehead atoms. The SMILES string of the molecule is [CH2][CH]NC[C@@H]1CCCc2cc(S(=O)(=O)c3cccc(F)c3)ccc21. The Morgan fingerprint density at radius 2 is 2.00 bits per heavy atom. The van der Waals surface area contributed by atoms with E-state index in [4.69, 9.17) is 0 Å². The fourth-order valence-electron chi connectivity index (χ4n) is 3.27. The molecule has 0 unspecified atom stereocenters. The highest BCUT2D eigenvalue weighted by molar-refractivity contribution is 7.91. The highest BCUT2D eigenvalue weighted by Gasteiger charge is 2.24. The lowest BCUT2D eigenvalue weighted by atomic mass is 9.83. The van der Waals surface area contributed by atoms with Crippen LogP contribution in [-0.2, 0) is 16.3 Å². The van der Waals surface area contributed by atoms with Crippen molar-refractivity contribution in [3.05, 3.63) is 72.9 Å². The van der Waals surface area contributed by atoms with Gasteiger partial charge in [-0.15, -0.1) is 0 Å². The normalized spacial score (nSPS) is 17.5. The van der Waals surface area contributed by atoms with E-state index in [0.717, 1.165) is 37.4 Å². The van der Waals surface area contributed by atoms with Crippen LogP contribution in [-0.4, -0.2) is 15.0 Å². The minimum atomic E-state index is -3.70. The fraction of sp³-hybridized carbons (Fsp3) is 0.263. The summed E-state index contributed by atoms with van der Waals surface area (Å²) in [5, 5.41) is 3.14. The second-order valence-electron chi connectivity index (χ2n) is 6.02. The Bertz CT molecular complexity index is 833. The Hall–Kier alpha value is -1.72. The Labute approximate surface area is 142 Å². The van der Waals surface area contributed by atoms with E-state index in [9.17, 15) is 12.8 Å². The van der Waals surface area contributed by atoms with Crippen molar-refractivity contribution in [3.63, 3.8) is 0 Å². The lowest BCUT2D eigenvalue weighted by molar-refractivity contribution is 0.529. The molecule has 3 nitrogen and oxygen atoms in total. The Morgan fingerprint density at radius 1 is 1.21 bits per heavy atom. The van der Waals surface area contributed by atoms with Gasteiger partial charge in [0.2, 0.25) is 9.84 Å². The zero-order chi connectivity index (χ0) is 17.2. The monoisotopic (exact) mass is 345 g/mol. The van der Waals surface area contributed by atoms with Crippen molar-refractivity contribution in [2.24, 2.45) is 0 Å². The van der Waals surface area contributed by atoms with Gasteiger partial charge < -0.3 is 5.32 Å². The number of benzene rings is 2. The summed E-state index contributed by atoms with van der Waals surface area (Å²) >= 11 is 0. The van der Waals surface area contributed by atoms with Crippen molar-refractivity contribution < 1.29 is 12.8 Å². The molecular formula is C19H20FNO2S. The molecule has 0 fully saturated rings. The number of halogens is 1. The van der Waals surface area contributed by atoms with Crippen LogP contribution in [0.3, 0.4) is 0 Å². The molecule has 1 aliphatic carbocycles. The van der Waals surface area contributed by atoms with Gasteiger partial charge in [0.15, 0.2) is 0 Å². The van der Waals surface area contributed by atoms with Crippen LogP contribution in [0.5, 0.6) is 0 Å². The Kier molecular flexibility index (Phi) is 5.01. The van der Waals surface area contributed by atoms with Gasteiger partial charge in [0, 0.05) is 13.1 Å². The van der Waals surface area contributed by atoms with Gasteiger partial charge in [-0.2, -0.15) is 0 Å². The minimum absolute atomic E-state index is 0.0110. The molecule has 0 saturated heterocycles. The standard InChI is InChI=1S/C19H20FNO2S/c1-2-21-13-15-6-3-5-14-11-18(9-10-19(14)15)24(22,23)17-8-4-7-16(20)12-17/h2,4,7-12,15,21H,1,3,5-6,13H2/t15-/m0/s1. The van der Waals surface area contributed by atoms with Crippen LogP contribution in [0.15, 0.2) is 52.3 Å². The summed E-state index contributed by atoms with van der Waals surface area (Å²) in [6.07, 6.45) is 2.97. The molecular weight excluding hydrogens is 325 g/mol. The minimum Gasteiger partial charge on any atom is -0.312 e. The van der Waals surface area contributed by atoms with Crippen molar-refractivity contribution in [1.82, 2.24) is 5.32 Å². The molecule has 126 valence electrons. The molecule has 3 rings (SSSR count). The van der Waals surface area contributed by atoms with Crippen LogP contribution >= 0.6 is 0 Å². The number of hydrogen-bond donors (Lipinski definition) is 1. The van der Waals surface area contributed by atoms with Gasteiger partial charge in [0.25, 0.3) is 0 Å². The van der Waals surface area contributed by atoms with E-state index in [1.54, 1.807) is 18.7 Å². The zero-order valence-corrected chi connectivity index (χ0v) is 14.2. The average molecular weight is 345 g/mol. The Morgan fingerprint density at radius 3 is 2.75 bits per heavy atom. The molecule has 24 heavy (non-hydrogen) atoms. The van der Waals surface area contributed by atoms with Crippen molar-refractivity contribution in [2.45, 2.75) is 35.0 Å². The Balaban J connectivity index is 1.96. The number of aryl methyl sites for hydroxylation is 1. The first-order valence-corrected chi connectivity index (χ1v) is 9.48. The predicted octanol–water partition coefficient (Wildman–Crippen LogP) is 3.66. The van der Waals surface area contributed by atoms with E-state index in [-0.39, 0.29) is 9.79 Å². The number of sulfone groups is 1. The smallest absolute Gasteiger partial charge is 0.206 e. The molecule has 5 heteroatoms. The molecule has 2 radical (unpaired) electrons. The van der Waals surface area contributed by atoms with Crippen molar-refractivity contribution in [3.8, 4) is 0 Å². The van der Waals surface area contributed by atoms with Crippen LogP contribution in [0.25, 0.3) is 0 Å². The van der Waals surface area contributed by atoms with Crippen LogP contribution in [0.1, 0.15) is 29.9 Å². The average Bonchev–Trinajstić information content (AvgIpc) is 2.59. The molecule has 2 aromatic rings. The summed E-state index contributed by atoms with van der Waals surface area (Å²) in [5.74, 6) is -0.192. The summed E-state index contributed by atoms with van der Waals surface area (Å²) in [6.45, 7) is 6.14. The third kappa shape index (κ3) is 3.37. The second-order valence-corrected chi connectivity index (χ2v) is 7.97. The van der Waals surface area contributed by atoms with Gasteiger partial charge in [0.05, 0.1) is 9.79 Å². The largest absolute Gasteiger partial charge is 0.312 e. The molecule has 0 spiro atoms. The maximum absolute atomic E-state index is 13.4. The first-order chi connectivity index (χ1) is 11.5. The summed E-state index contributed by atoms with van der Waals surface area (Å²) in [6, 6.07) is 10.4. The summed E-state index contributed by atoms with van der Waals surface area (Å²) < 4.78 is 38.8. The molecule has 0 aromatic heterocycles. The van der Waals surface area contributed by atoms with E-state index in [2.05, 4.69) is 12.2 Å². The number of nitrogens with one attached hydrogen (secondary N) is 1. The van der Waals surface area contributed by atoms with Crippen molar-refractivity contribution in [2.75, 3.05) is 6.54 Å². The van der Waals surface area contributed by atoms with E-state index in [1.165, 1.54) is 23.8 Å².